The van der Waals surface area contributed by atoms with Crippen LogP contribution >= 0.6 is 0 Å². The van der Waals surface area contributed by atoms with Crippen molar-refractivity contribution >= 4 is 5.91 Å². The van der Waals surface area contributed by atoms with E-state index >= 15 is 0 Å². The average molecular weight is 283 g/mol. The Bertz CT molecular complexity index is 575. The fraction of sp³-hybridized carbons (Fsp3) is 0.412. The van der Waals surface area contributed by atoms with Crippen LogP contribution in [0.25, 0.3) is 0 Å². The first-order valence-electron chi connectivity index (χ1n) is 7.33. The maximum absolute atomic E-state index is 12.6. The van der Waals surface area contributed by atoms with Gasteiger partial charge in [0.05, 0.1) is 11.6 Å². The Kier molecular flexibility index (Phi) is 5.13. The summed E-state index contributed by atoms with van der Waals surface area (Å²) in [7, 11) is 0. The van der Waals surface area contributed by atoms with Crippen LogP contribution < -0.4 is 5.32 Å². The molecule has 1 saturated heterocycles. The van der Waals surface area contributed by atoms with Crippen molar-refractivity contribution in [3.63, 3.8) is 0 Å². The molecule has 1 aliphatic heterocycles. The molecule has 1 aliphatic rings. The summed E-state index contributed by atoms with van der Waals surface area (Å²) < 4.78 is 0. The number of benzene rings is 1. The first kappa shape index (κ1) is 15.3. The van der Waals surface area contributed by atoms with Gasteiger partial charge in [0.1, 0.15) is 0 Å². The number of amides is 1. The van der Waals surface area contributed by atoms with Gasteiger partial charge in [-0.3, -0.25) is 4.79 Å². The van der Waals surface area contributed by atoms with Gasteiger partial charge in [-0.1, -0.05) is 19.1 Å². The Morgan fingerprint density at radius 1 is 1.33 bits per heavy atom. The van der Waals surface area contributed by atoms with Crippen LogP contribution in [0.15, 0.2) is 35.4 Å². The van der Waals surface area contributed by atoms with Gasteiger partial charge in [-0.05, 0) is 36.6 Å². The SMILES string of the molecule is CCCN(Cc1ccc(C#N)cc1)C(=O)C(C)=C1CNC1. The van der Waals surface area contributed by atoms with Crippen molar-refractivity contribution in [2.24, 2.45) is 0 Å². The molecule has 0 unspecified atom stereocenters. The highest BCUT2D eigenvalue weighted by Gasteiger charge is 2.20. The van der Waals surface area contributed by atoms with Crippen LogP contribution in [0, 0.1) is 11.3 Å². The van der Waals surface area contributed by atoms with Crippen molar-refractivity contribution < 1.29 is 4.79 Å². The second kappa shape index (κ2) is 7.05. The van der Waals surface area contributed by atoms with Crippen molar-refractivity contribution in [1.82, 2.24) is 10.2 Å². The number of hydrogen-bond acceptors (Lipinski definition) is 3. The minimum atomic E-state index is 0.123. The summed E-state index contributed by atoms with van der Waals surface area (Å²) in [5.41, 5.74) is 3.78. The van der Waals surface area contributed by atoms with Crippen LogP contribution in [0.5, 0.6) is 0 Å². The summed E-state index contributed by atoms with van der Waals surface area (Å²) in [6.07, 6.45) is 0.933. The largest absolute Gasteiger partial charge is 0.335 e. The second-order valence-electron chi connectivity index (χ2n) is 5.37. The lowest BCUT2D eigenvalue weighted by atomic mass is 10.0. The number of nitrogens with zero attached hydrogens (tertiary/aromatic N) is 2. The van der Waals surface area contributed by atoms with Gasteiger partial charge < -0.3 is 10.2 Å². The van der Waals surface area contributed by atoms with E-state index < -0.39 is 0 Å². The molecule has 1 N–H and O–H groups in total. The molecule has 0 radical (unpaired) electrons. The highest BCUT2D eigenvalue weighted by Crippen LogP contribution is 2.15. The molecule has 1 fully saturated rings. The Labute approximate surface area is 126 Å². The number of carbonyl (C=O) groups is 1. The van der Waals surface area contributed by atoms with Crippen molar-refractivity contribution in [3.8, 4) is 6.07 Å². The van der Waals surface area contributed by atoms with Crippen LogP contribution in [0.3, 0.4) is 0 Å². The third kappa shape index (κ3) is 3.71. The zero-order valence-electron chi connectivity index (χ0n) is 12.6. The predicted molar refractivity (Wildman–Crippen MR) is 82.4 cm³/mol. The Morgan fingerprint density at radius 3 is 2.48 bits per heavy atom. The third-order valence-corrected chi connectivity index (χ3v) is 3.77. The Morgan fingerprint density at radius 2 is 2.00 bits per heavy atom. The van der Waals surface area contributed by atoms with E-state index in [-0.39, 0.29) is 5.91 Å². The topological polar surface area (TPSA) is 56.1 Å². The van der Waals surface area contributed by atoms with E-state index in [0.29, 0.717) is 12.1 Å². The summed E-state index contributed by atoms with van der Waals surface area (Å²) >= 11 is 0. The van der Waals surface area contributed by atoms with Crippen LogP contribution in [0.4, 0.5) is 0 Å². The second-order valence-corrected chi connectivity index (χ2v) is 5.37. The van der Waals surface area contributed by atoms with E-state index in [2.05, 4.69) is 18.3 Å². The molecule has 110 valence electrons. The predicted octanol–water partition coefficient (Wildman–Crippen LogP) is 2.22. The molecule has 0 aliphatic carbocycles. The van der Waals surface area contributed by atoms with Gasteiger partial charge in [0.25, 0.3) is 0 Å². The van der Waals surface area contributed by atoms with Gasteiger partial charge in [-0.25, -0.2) is 0 Å². The average Bonchev–Trinajstić information content (AvgIpc) is 2.45. The van der Waals surface area contributed by atoms with Gasteiger partial charge in [-0.15, -0.1) is 0 Å². The van der Waals surface area contributed by atoms with Crippen molar-refractivity contribution in [1.29, 1.82) is 5.26 Å². The zero-order chi connectivity index (χ0) is 15.2. The Balaban J connectivity index is 2.11. The molecular formula is C17H21N3O. The molecule has 0 saturated carbocycles. The van der Waals surface area contributed by atoms with E-state index in [9.17, 15) is 4.79 Å². The van der Waals surface area contributed by atoms with Gasteiger partial charge in [-0.2, -0.15) is 5.26 Å². The molecule has 1 aromatic rings. The third-order valence-electron chi connectivity index (χ3n) is 3.77. The maximum Gasteiger partial charge on any atom is 0.249 e. The first-order chi connectivity index (χ1) is 10.2. The van der Waals surface area contributed by atoms with Crippen molar-refractivity contribution in [2.45, 2.75) is 26.8 Å². The van der Waals surface area contributed by atoms with Gasteiger partial charge >= 0.3 is 0 Å². The standard InChI is InChI=1S/C17H21N3O/c1-3-8-20(17(21)13(2)16-10-19-11-16)12-15-6-4-14(9-18)5-7-15/h4-7,19H,3,8,10-12H2,1-2H3. The first-order valence-corrected chi connectivity index (χ1v) is 7.33. The number of nitriles is 1. The summed E-state index contributed by atoms with van der Waals surface area (Å²) in [4.78, 5) is 14.5. The normalized spacial score (nSPS) is 13.3. The maximum atomic E-state index is 12.6. The summed E-state index contributed by atoms with van der Waals surface area (Å²) in [6.45, 7) is 6.99. The number of hydrogen-bond donors (Lipinski definition) is 1. The summed E-state index contributed by atoms with van der Waals surface area (Å²) in [6, 6.07) is 9.54. The lowest BCUT2D eigenvalue weighted by molar-refractivity contribution is -0.127. The summed E-state index contributed by atoms with van der Waals surface area (Å²) in [5.74, 6) is 0.123. The molecule has 0 bridgehead atoms. The zero-order valence-corrected chi connectivity index (χ0v) is 12.6. The molecule has 2 rings (SSSR count). The summed E-state index contributed by atoms with van der Waals surface area (Å²) in [5, 5.41) is 12.0. The van der Waals surface area contributed by atoms with Gasteiger partial charge in [0.2, 0.25) is 5.91 Å². The van der Waals surface area contributed by atoms with E-state index in [0.717, 1.165) is 37.2 Å². The van der Waals surface area contributed by atoms with Gasteiger partial charge in [0, 0.05) is 31.8 Å². The smallest absolute Gasteiger partial charge is 0.249 e. The molecular weight excluding hydrogens is 262 g/mol. The van der Waals surface area contributed by atoms with Gasteiger partial charge in [0.15, 0.2) is 0 Å². The minimum absolute atomic E-state index is 0.123. The molecule has 0 atom stereocenters. The molecule has 1 heterocycles. The van der Waals surface area contributed by atoms with E-state index in [1.54, 1.807) is 12.1 Å². The molecule has 1 amide bonds. The molecule has 0 spiro atoms. The van der Waals surface area contributed by atoms with Crippen LogP contribution in [0.2, 0.25) is 0 Å². The molecule has 1 aromatic carbocycles. The monoisotopic (exact) mass is 283 g/mol. The lowest BCUT2D eigenvalue weighted by Gasteiger charge is -2.27. The van der Waals surface area contributed by atoms with Crippen LogP contribution in [-0.2, 0) is 11.3 Å². The van der Waals surface area contributed by atoms with E-state index in [1.165, 1.54) is 5.57 Å². The minimum Gasteiger partial charge on any atom is -0.335 e. The van der Waals surface area contributed by atoms with Crippen LogP contribution in [-0.4, -0.2) is 30.4 Å². The Hall–Kier alpha value is -2.12. The van der Waals surface area contributed by atoms with E-state index in [1.807, 2.05) is 24.0 Å². The lowest BCUT2D eigenvalue weighted by Crippen LogP contribution is -2.39. The molecule has 4 nitrogen and oxygen atoms in total. The fourth-order valence-electron chi connectivity index (χ4n) is 2.33. The number of rotatable bonds is 5. The quantitative estimate of drug-likeness (QED) is 0.843. The van der Waals surface area contributed by atoms with Crippen LogP contribution in [0.1, 0.15) is 31.4 Å². The molecule has 0 aromatic heterocycles. The fourth-order valence-corrected chi connectivity index (χ4v) is 2.33. The number of nitrogens with one attached hydrogen (secondary N) is 1. The molecule has 21 heavy (non-hydrogen) atoms. The van der Waals surface area contributed by atoms with E-state index in [4.69, 9.17) is 5.26 Å². The number of carbonyl (C=O) groups excluding carboxylic acids is 1. The van der Waals surface area contributed by atoms with Crippen molar-refractivity contribution in [2.75, 3.05) is 19.6 Å². The highest BCUT2D eigenvalue weighted by atomic mass is 16.2. The molecule has 4 heteroatoms. The van der Waals surface area contributed by atoms with Crippen molar-refractivity contribution in [3.05, 3.63) is 46.5 Å². The highest BCUT2D eigenvalue weighted by molar-refractivity contribution is 5.94.